The van der Waals surface area contributed by atoms with Gasteiger partial charge in [-0.15, -0.1) is 0 Å². The molecule has 0 heterocycles. The van der Waals surface area contributed by atoms with Crippen molar-refractivity contribution in [1.29, 1.82) is 0 Å². The molecule has 0 atom stereocenters. The Morgan fingerprint density at radius 1 is 1.38 bits per heavy atom. The quantitative estimate of drug-likeness (QED) is 0.773. The molecule has 1 aromatic rings. The molecule has 0 spiro atoms. The molecule has 0 saturated carbocycles. The summed E-state index contributed by atoms with van der Waals surface area (Å²) in [5.74, 6) is 5.34. The minimum absolute atomic E-state index is 0.0832. The van der Waals surface area contributed by atoms with E-state index in [0.717, 1.165) is 10.2 Å². The Bertz CT molecular complexity index is 327. The monoisotopic (exact) mass is 239 g/mol. The molecule has 0 amide bonds. The van der Waals surface area contributed by atoms with Crippen LogP contribution in [0, 0.1) is 11.8 Å². The number of aliphatic hydroxyl groups excluding tert-OH is 1. The van der Waals surface area contributed by atoms with Gasteiger partial charge in [0.05, 0.1) is 6.54 Å². The van der Waals surface area contributed by atoms with Crippen molar-refractivity contribution in [2.24, 2.45) is 0 Å². The maximum absolute atomic E-state index is 8.40. The summed E-state index contributed by atoms with van der Waals surface area (Å²) in [5, 5.41) is 11.5. The van der Waals surface area contributed by atoms with E-state index in [2.05, 4.69) is 33.1 Å². The van der Waals surface area contributed by atoms with E-state index in [0.29, 0.717) is 6.54 Å². The Hall–Kier alpha value is -0.980. The summed E-state index contributed by atoms with van der Waals surface area (Å²) in [6.45, 7) is 0.469. The van der Waals surface area contributed by atoms with Crippen LogP contribution in [-0.4, -0.2) is 18.3 Å². The van der Waals surface area contributed by atoms with Gasteiger partial charge in [0, 0.05) is 10.2 Å². The molecule has 1 aromatic carbocycles. The molecule has 3 heteroatoms. The average molecular weight is 240 g/mol. The van der Waals surface area contributed by atoms with Gasteiger partial charge in [0.15, 0.2) is 0 Å². The second-order valence-corrected chi connectivity index (χ2v) is 3.29. The standard InChI is InChI=1S/C10H10BrNO/c11-9-4-3-5-10(8-9)12-6-1-2-7-13/h3-5,8,12-13H,6-7H2. The molecule has 1 rings (SSSR count). The first-order valence-corrected chi connectivity index (χ1v) is 4.68. The summed E-state index contributed by atoms with van der Waals surface area (Å²) in [6.07, 6.45) is 0. The van der Waals surface area contributed by atoms with Gasteiger partial charge in [-0.1, -0.05) is 33.8 Å². The molecule has 2 N–H and O–H groups in total. The molecule has 0 bridgehead atoms. The number of rotatable bonds is 2. The van der Waals surface area contributed by atoms with Gasteiger partial charge >= 0.3 is 0 Å². The zero-order chi connectivity index (χ0) is 9.52. The highest BCUT2D eigenvalue weighted by atomic mass is 79.9. The molecule has 0 aromatic heterocycles. The molecule has 68 valence electrons. The SMILES string of the molecule is OCC#CCNc1cccc(Br)c1. The fourth-order valence-corrected chi connectivity index (χ4v) is 1.26. The second-order valence-electron chi connectivity index (χ2n) is 2.38. The van der Waals surface area contributed by atoms with E-state index in [1.165, 1.54) is 0 Å². The first-order chi connectivity index (χ1) is 6.33. The highest BCUT2D eigenvalue weighted by molar-refractivity contribution is 9.10. The van der Waals surface area contributed by atoms with Crippen molar-refractivity contribution < 1.29 is 5.11 Å². The van der Waals surface area contributed by atoms with E-state index in [1.54, 1.807) is 0 Å². The molecule has 0 saturated heterocycles. The third kappa shape index (κ3) is 3.97. The number of benzene rings is 1. The second kappa shape index (κ2) is 5.63. The summed E-state index contributed by atoms with van der Waals surface area (Å²) >= 11 is 3.37. The van der Waals surface area contributed by atoms with Crippen LogP contribution >= 0.6 is 15.9 Å². The summed E-state index contributed by atoms with van der Waals surface area (Å²) in [4.78, 5) is 0. The Balaban J connectivity index is 2.45. The molecule has 13 heavy (non-hydrogen) atoms. The van der Waals surface area contributed by atoms with Crippen LogP contribution in [0.15, 0.2) is 28.7 Å². The van der Waals surface area contributed by atoms with E-state index < -0.39 is 0 Å². The summed E-state index contributed by atoms with van der Waals surface area (Å²) in [7, 11) is 0. The predicted molar refractivity (Wildman–Crippen MR) is 57.5 cm³/mol. The maximum atomic E-state index is 8.40. The van der Waals surface area contributed by atoms with Gasteiger partial charge in [-0.2, -0.15) is 0 Å². The predicted octanol–water partition coefficient (Wildman–Crippen LogP) is 1.86. The summed E-state index contributed by atoms with van der Waals surface area (Å²) in [5.41, 5.74) is 1.02. The zero-order valence-corrected chi connectivity index (χ0v) is 8.63. The van der Waals surface area contributed by atoms with Crippen molar-refractivity contribution in [2.45, 2.75) is 0 Å². The average Bonchev–Trinajstić information content (AvgIpc) is 2.13. The number of anilines is 1. The Kier molecular flexibility index (Phi) is 4.37. The molecule has 2 nitrogen and oxygen atoms in total. The molecule has 0 aliphatic rings. The smallest absolute Gasteiger partial charge is 0.104 e. The van der Waals surface area contributed by atoms with Crippen LogP contribution in [0.3, 0.4) is 0 Å². The summed E-state index contributed by atoms with van der Waals surface area (Å²) in [6, 6.07) is 7.85. The van der Waals surface area contributed by atoms with Crippen LogP contribution in [0.2, 0.25) is 0 Å². The number of halogens is 1. The number of hydrogen-bond acceptors (Lipinski definition) is 2. The first-order valence-electron chi connectivity index (χ1n) is 3.89. The number of aliphatic hydroxyl groups is 1. The molecular formula is C10H10BrNO. The first kappa shape index (κ1) is 10.1. The third-order valence-corrected chi connectivity index (χ3v) is 1.90. The third-order valence-electron chi connectivity index (χ3n) is 1.41. The Morgan fingerprint density at radius 2 is 2.23 bits per heavy atom. The van der Waals surface area contributed by atoms with Crippen molar-refractivity contribution in [2.75, 3.05) is 18.5 Å². The number of nitrogens with one attached hydrogen (secondary N) is 1. The van der Waals surface area contributed by atoms with Crippen molar-refractivity contribution in [3.63, 3.8) is 0 Å². The van der Waals surface area contributed by atoms with Gasteiger partial charge in [0.1, 0.15) is 6.61 Å². The highest BCUT2D eigenvalue weighted by Gasteiger charge is 1.89. The topological polar surface area (TPSA) is 32.3 Å². The molecule has 0 fully saturated rings. The van der Waals surface area contributed by atoms with E-state index in [4.69, 9.17) is 5.11 Å². The van der Waals surface area contributed by atoms with Crippen molar-refractivity contribution >= 4 is 21.6 Å². The van der Waals surface area contributed by atoms with Crippen LogP contribution in [-0.2, 0) is 0 Å². The van der Waals surface area contributed by atoms with Crippen molar-refractivity contribution in [1.82, 2.24) is 0 Å². The van der Waals surface area contributed by atoms with Crippen LogP contribution in [0.25, 0.3) is 0 Å². The lowest BCUT2D eigenvalue weighted by Gasteiger charge is -2.01. The maximum Gasteiger partial charge on any atom is 0.104 e. The molecular weight excluding hydrogens is 230 g/mol. The zero-order valence-electron chi connectivity index (χ0n) is 7.05. The van der Waals surface area contributed by atoms with Gasteiger partial charge in [0.25, 0.3) is 0 Å². The van der Waals surface area contributed by atoms with Crippen LogP contribution in [0.1, 0.15) is 0 Å². The number of hydrogen-bond donors (Lipinski definition) is 2. The fraction of sp³-hybridized carbons (Fsp3) is 0.200. The van der Waals surface area contributed by atoms with E-state index in [-0.39, 0.29) is 6.61 Å². The Labute approximate surface area is 86.1 Å². The highest BCUT2D eigenvalue weighted by Crippen LogP contribution is 2.14. The minimum atomic E-state index is -0.0832. The minimum Gasteiger partial charge on any atom is -0.384 e. The summed E-state index contributed by atoms with van der Waals surface area (Å²) < 4.78 is 1.03. The van der Waals surface area contributed by atoms with Crippen LogP contribution in [0.4, 0.5) is 5.69 Å². The van der Waals surface area contributed by atoms with Gasteiger partial charge in [-0.05, 0) is 18.2 Å². The van der Waals surface area contributed by atoms with E-state index in [9.17, 15) is 0 Å². The van der Waals surface area contributed by atoms with E-state index in [1.807, 2.05) is 24.3 Å². The van der Waals surface area contributed by atoms with Gasteiger partial charge in [-0.25, -0.2) is 0 Å². The van der Waals surface area contributed by atoms with Gasteiger partial charge < -0.3 is 10.4 Å². The lowest BCUT2D eigenvalue weighted by atomic mass is 10.3. The van der Waals surface area contributed by atoms with Gasteiger partial charge in [-0.3, -0.25) is 0 Å². The lowest BCUT2D eigenvalue weighted by molar-refractivity contribution is 0.350. The molecule has 0 radical (unpaired) electrons. The molecule has 0 unspecified atom stereocenters. The lowest BCUT2D eigenvalue weighted by Crippen LogP contribution is -1.98. The molecule has 0 aliphatic carbocycles. The van der Waals surface area contributed by atoms with Crippen molar-refractivity contribution in [3.05, 3.63) is 28.7 Å². The van der Waals surface area contributed by atoms with Crippen LogP contribution in [0.5, 0.6) is 0 Å². The van der Waals surface area contributed by atoms with Gasteiger partial charge in [0.2, 0.25) is 0 Å². The van der Waals surface area contributed by atoms with Crippen LogP contribution < -0.4 is 5.32 Å². The Morgan fingerprint density at radius 3 is 2.92 bits per heavy atom. The van der Waals surface area contributed by atoms with E-state index >= 15 is 0 Å². The normalized spacial score (nSPS) is 8.77. The molecule has 0 aliphatic heterocycles. The largest absolute Gasteiger partial charge is 0.384 e. The van der Waals surface area contributed by atoms with Crippen molar-refractivity contribution in [3.8, 4) is 11.8 Å². The fourth-order valence-electron chi connectivity index (χ4n) is 0.863.